The minimum Gasteiger partial charge on any atom is -0.481 e. The van der Waals surface area contributed by atoms with Crippen molar-refractivity contribution in [2.75, 3.05) is 11.4 Å². The number of hydrogen-bond acceptors (Lipinski definition) is 5. The molecule has 0 bridgehead atoms. The van der Waals surface area contributed by atoms with Gasteiger partial charge in [0.25, 0.3) is 5.56 Å². The number of aryl methyl sites for hydroxylation is 1. The number of aliphatic carboxylic acids is 1. The molecule has 3 aromatic rings. The molecule has 4 rings (SSSR count). The van der Waals surface area contributed by atoms with E-state index < -0.39 is 23.6 Å². The number of hydrogen-bond donors (Lipinski definition) is 1. The Morgan fingerprint density at radius 2 is 1.89 bits per heavy atom. The zero-order valence-corrected chi connectivity index (χ0v) is 22.7. The lowest BCUT2D eigenvalue weighted by molar-refractivity contribution is -0.139. The fraction of sp³-hybridized carbons (Fsp3) is 0.500. The third-order valence-electron chi connectivity index (χ3n) is 7.02. The van der Waals surface area contributed by atoms with E-state index in [9.17, 15) is 23.9 Å². The second-order valence-electron chi connectivity index (χ2n) is 10.9. The van der Waals surface area contributed by atoms with Gasteiger partial charge in [-0.15, -0.1) is 0 Å². The number of fused-ring (bicyclic) bond motifs is 1. The zero-order valence-electron chi connectivity index (χ0n) is 22.0. The maximum atomic E-state index is 14.8. The number of carboxylic acid groups (broad SMARTS) is 1. The predicted octanol–water partition coefficient (Wildman–Crippen LogP) is 5.38. The minimum absolute atomic E-state index is 0.000407. The molecule has 0 saturated carbocycles. The summed E-state index contributed by atoms with van der Waals surface area (Å²) in [5, 5.41) is 9.83. The predicted molar refractivity (Wildman–Crippen MR) is 146 cm³/mol. The number of carboxylic acids is 1. The average molecular weight is 545 g/mol. The van der Waals surface area contributed by atoms with E-state index in [0.717, 1.165) is 24.8 Å². The van der Waals surface area contributed by atoms with Crippen LogP contribution in [-0.4, -0.2) is 49.6 Å². The third-order valence-corrected chi connectivity index (χ3v) is 7.27. The van der Waals surface area contributed by atoms with Gasteiger partial charge < -0.3 is 10.0 Å². The molecule has 1 aliphatic heterocycles. The second kappa shape index (κ2) is 11.3. The van der Waals surface area contributed by atoms with Crippen LogP contribution in [0.25, 0.3) is 17.0 Å². The van der Waals surface area contributed by atoms with Crippen molar-refractivity contribution in [2.45, 2.75) is 78.1 Å². The Balaban J connectivity index is 1.78. The summed E-state index contributed by atoms with van der Waals surface area (Å²) in [5.41, 5.74) is 0.310. The van der Waals surface area contributed by atoms with Crippen LogP contribution in [-0.2, 0) is 16.1 Å². The molecule has 1 aliphatic rings. The van der Waals surface area contributed by atoms with Gasteiger partial charge in [0.2, 0.25) is 5.78 Å². The number of carbonyl (C=O) groups excluding carboxylic acids is 1. The molecule has 0 amide bonds. The SMILES string of the molecule is CCCCCn1c(N2C[C@H](F)C[C@H]2C(=O)CC(C)(C)CC(=O)O)cc(=O)n2cc(-c3ccc(Cl)cc3)nc12. The Morgan fingerprint density at radius 3 is 2.55 bits per heavy atom. The molecule has 2 atom stereocenters. The van der Waals surface area contributed by atoms with E-state index in [2.05, 4.69) is 6.92 Å². The molecule has 2 aromatic heterocycles. The van der Waals surface area contributed by atoms with Crippen molar-refractivity contribution in [1.82, 2.24) is 14.0 Å². The van der Waals surface area contributed by atoms with Crippen LogP contribution in [0.1, 0.15) is 59.3 Å². The van der Waals surface area contributed by atoms with Gasteiger partial charge in [0, 0.05) is 42.2 Å². The molecule has 0 aliphatic carbocycles. The highest BCUT2D eigenvalue weighted by Crippen LogP contribution is 2.33. The first kappa shape index (κ1) is 27.8. The molecule has 1 saturated heterocycles. The number of unbranched alkanes of at least 4 members (excludes halogenated alkanes) is 2. The Hall–Kier alpha value is -3.20. The van der Waals surface area contributed by atoms with Gasteiger partial charge in [-0.2, -0.15) is 0 Å². The van der Waals surface area contributed by atoms with Gasteiger partial charge in [-0.1, -0.05) is 57.3 Å². The molecular formula is C28H34ClFN4O4. The summed E-state index contributed by atoms with van der Waals surface area (Å²) in [6, 6.07) is 7.84. The van der Waals surface area contributed by atoms with E-state index in [0.29, 0.717) is 28.9 Å². The average Bonchev–Trinajstić information content (AvgIpc) is 3.44. The van der Waals surface area contributed by atoms with Crippen molar-refractivity contribution in [2.24, 2.45) is 5.41 Å². The highest BCUT2D eigenvalue weighted by Gasteiger charge is 2.40. The Kier molecular flexibility index (Phi) is 8.25. The molecule has 1 fully saturated rings. The van der Waals surface area contributed by atoms with Crippen LogP contribution >= 0.6 is 11.6 Å². The van der Waals surface area contributed by atoms with E-state index in [1.807, 2.05) is 16.7 Å². The van der Waals surface area contributed by atoms with Crippen molar-refractivity contribution in [3.63, 3.8) is 0 Å². The van der Waals surface area contributed by atoms with Gasteiger partial charge in [-0.3, -0.25) is 23.4 Å². The first-order chi connectivity index (χ1) is 18.0. The Labute approximate surface area is 226 Å². The summed E-state index contributed by atoms with van der Waals surface area (Å²) < 4.78 is 18.2. The highest BCUT2D eigenvalue weighted by molar-refractivity contribution is 6.30. The van der Waals surface area contributed by atoms with Crippen molar-refractivity contribution < 1.29 is 19.1 Å². The number of Topliss-reactive ketones (excluding diaryl/α,β-unsaturated/α-hetero) is 1. The van der Waals surface area contributed by atoms with Crippen molar-refractivity contribution in [1.29, 1.82) is 0 Å². The largest absolute Gasteiger partial charge is 0.481 e. The molecule has 0 spiro atoms. The standard InChI is InChI=1S/C28H34ClFN4O4/c1-4-5-6-11-32-24(33-16-20(30)12-22(33)23(35)14-28(2,3)15-26(37)38)13-25(36)34-17-21(31-27(32)34)18-7-9-19(29)10-8-18/h7-10,13,17,20,22H,4-6,11-12,14-16H2,1-3H3,(H,37,38)/t20-,22+/m1/s1. The second-order valence-corrected chi connectivity index (χ2v) is 11.3. The number of imidazole rings is 1. The summed E-state index contributed by atoms with van der Waals surface area (Å²) in [6.07, 6.45) is 3.04. The van der Waals surface area contributed by atoms with Crippen LogP contribution in [0.2, 0.25) is 5.02 Å². The number of ketones is 1. The van der Waals surface area contributed by atoms with Gasteiger partial charge in [-0.05, 0) is 24.0 Å². The quantitative estimate of drug-likeness (QED) is 0.325. The number of nitrogens with zero attached hydrogens (tertiary/aromatic N) is 4. The number of rotatable bonds is 11. The number of carbonyl (C=O) groups is 2. The summed E-state index contributed by atoms with van der Waals surface area (Å²) in [5.74, 6) is -0.329. The van der Waals surface area contributed by atoms with Crippen molar-refractivity contribution >= 4 is 34.9 Å². The number of aromatic nitrogens is 3. The maximum Gasteiger partial charge on any atom is 0.303 e. The molecule has 8 nitrogen and oxygen atoms in total. The summed E-state index contributed by atoms with van der Waals surface area (Å²) in [7, 11) is 0. The lowest BCUT2D eigenvalue weighted by atomic mass is 9.82. The molecule has 38 heavy (non-hydrogen) atoms. The van der Waals surface area contributed by atoms with Crippen LogP contribution in [0.15, 0.2) is 41.3 Å². The highest BCUT2D eigenvalue weighted by atomic mass is 35.5. The molecular weight excluding hydrogens is 511 g/mol. The van der Waals surface area contributed by atoms with Crippen LogP contribution in [0.5, 0.6) is 0 Å². The molecule has 3 heterocycles. The van der Waals surface area contributed by atoms with E-state index in [-0.39, 0.29) is 37.1 Å². The van der Waals surface area contributed by atoms with Gasteiger partial charge in [-0.25, -0.2) is 9.37 Å². The van der Waals surface area contributed by atoms with E-state index in [1.165, 1.54) is 10.5 Å². The molecule has 10 heteroatoms. The van der Waals surface area contributed by atoms with E-state index in [4.69, 9.17) is 16.6 Å². The van der Waals surface area contributed by atoms with Gasteiger partial charge in [0.1, 0.15) is 12.0 Å². The van der Waals surface area contributed by atoms with Crippen LogP contribution < -0.4 is 10.5 Å². The van der Waals surface area contributed by atoms with Crippen LogP contribution in [0, 0.1) is 5.41 Å². The molecule has 204 valence electrons. The van der Waals surface area contributed by atoms with Crippen LogP contribution in [0.3, 0.4) is 0 Å². The maximum absolute atomic E-state index is 14.8. The van der Waals surface area contributed by atoms with Crippen molar-refractivity contribution in [3.05, 3.63) is 51.9 Å². The fourth-order valence-corrected chi connectivity index (χ4v) is 5.35. The summed E-state index contributed by atoms with van der Waals surface area (Å²) in [6.45, 7) is 6.06. The van der Waals surface area contributed by atoms with Crippen LogP contribution in [0.4, 0.5) is 10.2 Å². The normalized spacial score (nSPS) is 17.9. The first-order valence-corrected chi connectivity index (χ1v) is 13.4. The monoisotopic (exact) mass is 544 g/mol. The molecule has 1 N–H and O–H groups in total. The van der Waals surface area contributed by atoms with Crippen molar-refractivity contribution in [3.8, 4) is 11.3 Å². The lowest BCUT2D eigenvalue weighted by Crippen LogP contribution is -2.41. The number of alkyl halides is 1. The lowest BCUT2D eigenvalue weighted by Gasteiger charge is -2.31. The van der Waals surface area contributed by atoms with E-state index in [1.54, 1.807) is 37.1 Å². The summed E-state index contributed by atoms with van der Waals surface area (Å²) in [4.78, 5) is 44.4. The Bertz CT molecular complexity index is 1380. The van der Waals surface area contributed by atoms with E-state index >= 15 is 0 Å². The number of halogens is 2. The minimum atomic E-state index is -1.24. The smallest absolute Gasteiger partial charge is 0.303 e. The number of anilines is 1. The van der Waals surface area contributed by atoms with Gasteiger partial charge >= 0.3 is 5.97 Å². The van der Waals surface area contributed by atoms with Gasteiger partial charge in [0.05, 0.1) is 24.7 Å². The Morgan fingerprint density at radius 1 is 1.18 bits per heavy atom. The molecule has 1 aromatic carbocycles. The summed E-state index contributed by atoms with van der Waals surface area (Å²) >= 11 is 6.04. The van der Waals surface area contributed by atoms with Gasteiger partial charge in [0.15, 0.2) is 5.78 Å². The number of benzene rings is 1. The molecule has 0 unspecified atom stereocenters. The topological polar surface area (TPSA) is 96.9 Å². The third kappa shape index (κ3) is 6.09. The fourth-order valence-electron chi connectivity index (χ4n) is 5.22. The zero-order chi connectivity index (χ0) is 27.6. The molecule has 0 radical (unpaired) electrons. The first-order valence-electron chi connectivity index (χ1n) is 13.0.